The fourth-order valence-corrected chi connectivity index (χ4v) is 1.78. The highest BCUT2D eigenvalue weighted by atomic mass is 14.8. The zero-order valence-corrected chi connectivity index (χ0v) is 10.9. The van der Waals surface area contributed by atoms with E-state index in [0.717, 1.165) is 19.5 Å². The van der Waals surface area contributed by atoms with Crippen LogP contribution in [-0.2, 0) is 6.42 Å². The smallest absolute Gasteiger partial charge is 0.000835 e. The molecule has 0 aliphatic rings. The van der Waals surface area contributed by atoms with Gasteiger partial charge in [-0.3, -0.25) is 0 Å². The molecular formula is C15H25N. The van der Waals surface area contributed by atoms with Gasteiger partial charge in [0.1, 0.15) is 0 Å². The summed E-state index contributed by atoms with van der Waals surface area (Å²) in [6.45, 7) is 8.96. The molecule has 90 valence electrons. The van der Waals surface area contributed by atoms with E-state index < -0.39 is 0 Å². The number of hydrogen-bond donors (Lipinski definition) is 1. The summed E-state index contributed by atoms with van der Waals surface area (Å²) in [6.07, 6.45) is 3.57. The van der Waals surface area contributed by atoms with Crippen LogP contribution in [0.1, 0.15) is 50.7 Å². The molecular weight excluding hydrogens is 194 g/mol. The number of rotatable bonds is 7. The van der Waals surface area contributed by atoms with E-state index in [4.69, 9.17) is 0 Å². The summed E-state index contributed by atoms with van der Waals surface area (Å²) >= 11 is 0. The van der Waals surface area contributed by atoms with Crippen molar-refractivity contribution in [3.63, 3.8) is 0 Å². The molecule has 0 fully saturated rings. The highest BCUT2D eigenvalue weighted by Gasteiger charge is 2.01. The second kappa shape index (κ2) is 7.45. The van der Waals surface area contributed by atoms with Gasteiger partial charge in [0.2, 0.25) is 0 Å². The van der Waals surface area contributed by atoms with Gasteiger partial charge in [0, 0.05) is 0 Å². The topological polar surface area (TPSA) is 12.0 Å². The summed E-state index contributed by atoms with van der Waals surface area (Å²) in [5.74, 6) is 0.687. The third-order valence-electron chi connectivity index (χ3n) is 3.18. The number of nitrogens with one attached hydrogen (secondary N) is 1. The minimum atomic E-state index is 0.687. The Labute approximate surface area is 100 Å². The first-order valence-corrected chi connectivity index (χ1v) is 6.57. The van der Waals surface area contributed by atoms with Crippen molar-refractivity contribution in [1.82, 2.24) is 5.32 Å². The molecule has 1 atom stereocenters. The monoisotopic (exact) mass is 219 g/mol. The van der Waals surface area contributed by atoms with E-state index in [-0.39, 0.29) is 0 Å². The van der Waals surface area contributed by atoms with Crippen molar-refractivity contribution < 1.29 is 0 Å². The zero-order chi connectivity index (χ0) is 11.8. The van der Waals surface area contributed by atoms with Crippen LogP contribution in [0.15, 0.2) is 24.3 Å². The van der Waals surface area contributed by atoms with Crippen LogP contribution in [0.4, 0.5) is 0 Å². The average Bonchev–Trinajstić information content (AvgIpc) is 2.34. The van der Waals surface area contributed by atoms with Gasteiger partial charge in [-0.2, -0.15) is 0 Å². The average molecular weight is 219 g/mol. The Bertz CT molecular complexity index is 276. The van der Waals surface area contributed by atoms with Crippen molar-refractivity contribution in [3.8, 4) is 0 Å². The SMILES string of the molecule is CCCNCCc1ccc(C(C)CC)cc1. The van der Waals surface area contributed by atoms with Gasteiger partial charge in [-0.1, -0.05) is 45.0 Å². The molecule has 16 heavy (non-hydrogen) atoms. The summed E-state index contributed by atoms with van der Waals surface area (Å²) in [4.78, 5) is 0. The Morgan fingerprint density at radius 1 is 1.06 bits per heavy atom. The minimum Gasteiger partial charge on any atom is -0.316 e. The van der Waals surface area contributed by atoms with Crippen molar-refractivity contribution in [3.05, 3.63) is 35.4 Å². The molecule has 0 spiro atoms. The molecule has 1 nitrogen and oxygen atoms in total. The van der Waals surface area contributed by atoms with Crippen LogP contribution < -0.4 is 5.32 Å². The fraction of sp³-hybridized carbons (Fsp3) is 0.600. The lowest BCUT2D eigenvalue weighted by Gasteiger charge is -2.10. The van der Waals surface area contributed by atoms with E-state index in [0.29, 0.717) is 5.92 Å². The Morgan fingerprint density at radius 3 is 2.31 bits per heavy atom. The van der Waals surface area contributed by atoms with Crippen LogP contribution in [0.3, 0.4) is 0 Å². The molecule has 1 aromatic rings. The van der Waals surface area contributed by atoms with Gasteiger partial charge >= 0.3 is 0 Å². The highest BCUT2D eigenvalue weighted by Crippen LogP contribution is 2.18. The third-order valence-corrected chi connectivity index (χ3v) is 3.18. The Hall–Kier alpha value is -0.820. The van der Waals surface area contributed by atoms with Crippen molar-refractivity contribution in [2.24, 2.45) is 0 Å². The molecule has 1 heteroatoms. The van der Waals surface area contributed by atoms with Gasteiger partial charge in [-0.15, -0.1) is 0 Å². The van der Waals surface area contributed by atoms with Gasteiger partial charge in [-0.05, 0) is 49.4 Å². The van der Waals surface area contributed by atoms with E-state index in [9.17, 15) is 0 Å². The molecule has 0 amide bonds. The number of benzene rings is 1. The van der Waals surface area contributed by atoms with Gasteiger partial charge in [0.15, 0.2) is 0 Å². The van der Waals surface area contributed by atoms with Crippen LogP contribution in [0.25, 0.3) is 0 Å². The van der Waals surface area contributed by atoms with Crippen LogP contribution >= 0.6 is 0 Å². The maximum Gasteiger partial charge on any atom is -0.000835 e. The van der Waals surface area contributed by atoms with Crippen LogP contribution in [0.5, 0.6) is 0 Å². The molecule has 0 aliphatic carbocycles. The van der Waals surface area contributed by atoms with Crippen molar-refractivity contribution in [2.75, 3.05) is 13.1 Å². The fourth-order valence-electron chi connectivity index (χ4n) is 1.78. The minimum absolute atomic E-state index is 0.687. The van der Waals surface area contributed by atoms with E-state index in [2.05, 4.69) is 50.4 Å². The molecule has 1 unspecified atom stereocenters. The standard InChI is InChI=1S/C15H25N/c1-4-11-16-12-10-14-6-8-15(9-7-14)13(3)5-2/h6-9,13,16H,4-5,10-12H2,1-3H3. The van der Waals surface area contributed by atoms with Crippen LogP contribution in [-0.4, -0.2) is 13.1 Å². The second-order valence-corrected chi connectivity index (χ2v) is 4.55. The quantitative estimate of drug-likeness (QED) is 0.689. The summed E-state index contributed by atoms with van der Waals surface area (Å²) < 4.78 is 0. The lowest BCUT2D eigenvalue weighted by Crippen LogP contribution is -2.17. The van der Waals surface area contributed by atoms with Crippen LogP contribution in [0.2, 0.25) is 0 Å². The predicted octanol–water partition coefficient (Wildman–Crippen LogP) is 3.74. The van der Waals surface area contributed by atoms with E-state index in [1.807, 2.05) is 0 Å². The number of hydrogen-bond acceptors (Lipinski definition) is 1. The Kier molecular flexibility index (Phi) is 6.17. The second-order valence-electron chi connectivity index (χ2n) is 4.55. The highest BCUT2D eigenvalue weighted by molar-refractivity contribution is 5.25. The molecule has 1 aromatic carbocycles. The van der Waals surface area contributed by atoms with Gasteiger partial charge in [0.05, 0.1) is 0 Å². The first kappa shape index (κ1) is 13.2. The normalized spacial score (nSPS) is 12.7. The maximum absolute atomic E-state index is 3.43. The van der Waals surface area contributed by atoms with Gasteiger partial charge in [-0.25, -0.2) is 0 Å². The largest absolute Gasteiger partial charge is 0.316 e. The van der Waals surface area contributed by atoms with E-state index >= 15 is 0 Å². The lowest BCUT2D eigenvalue weighted by atomic mass is 9.97. The third kappa shape index (κ3) is 4.36. The molecule has 1 rings (SSSR count). The molecule has 0 bridgehead atoms. The zero-order valence-electron chi connectivity index (χ0n) is 10.9. The lowest BCUT2D eigenvalue weighted by molar-refractivity contribution is 0.671. The molecule has 0 aromatic heterocycles. The molecule has 1 N–H and O–H groups in total. The summed E-state index contributed by atoms with van der Waals surface area (Å²) in [5.41, 5.74) is 2.91. The van der Waals surface area contributed by atoms with Gasteiger partial charge in [0.25, 0.3) is 0 Å². The molecule has 0 aliphatic heterocycles. The summed E-state index contributed by atoms with van der Waals surface area (Å²) in [7, 11) is 0. The summed E-state index contributed by atoms with van der Waals surface area (Å²) in [5, 5.41) is 3.43. The van der Waals surface area contributed by atoms with Gasteiger partial charge < -0.3 is 5.32 Å². The maximum atomic E-state index is 3.43. The van der Waals surface area contributed by atoms with E-state index in [1.165, 1.54) is 24.0 Å². The Morgan fingerprint density at radius 2 is 1.75 bits per heavy atom. The first-order chi connectivity index (χ1) is 7.77. The molecule has 0 saturated heterocycles. The Balaban J connectivity index is 2.39. The molecule has 0 heterocycles. The van der Waals surface area contributed by atoms with Crippen molar-refractivity contribution in [2.45, 2.75) is 46.0 Å². The van der Waals surface area contributed by atoms with Crippen LogP contribution in [0, 0.1) is 0 Å². The molecule has 0 saturated carbocycles. The van der Waals surface area contributed by atoms with Crippen molar-refractivity contribution >= 4 is 0 Å². The molecule has 0 radical (unpaired) electrons. The first-order valence-electron chi connectivity index (χ1n) is 6.57. The predicted molar refractivity (Wildman–Crippen MR) is 72.0 cm³/mol. The van der Waals surface area contributed by atoms with Crippen molar-refractivity contribution in [1.29, 1.82) is 0 Å². The summed E-state index contributed by atoms with van der Waals surface area (Å²) in [6, 6.07) is 9.11. The van der Waals surface area contributed by atoms with E-state index in [1.54, 1.807) is 0 Å².